The van der Waals surface area contributed by atoms with Crippen molar-refractivity contribution in [1.82, 2.24) is 20.1 Å². The molecule has 0 saturated heterocycles. The maximum absolute atomic E-state index is 13.4. The van der Waals surface area contributed by atoms with Crippen molar-refractivity contribution >= 4 is 11.6 Å². The molecule has 1 atom stereocenters. The molecule has 2 heterocycles. The second kappa shape index (κ2) is 5.16. The highest BCUT2D eigenvalue weighted by molar-refractivity contribution is 5.94. The van der Waals surface area contributed by atoms with E-state index >= 15 is 0 Å². The van der Waals surface area contributed by atoms with Crippen molar-refractivity contribution in [3.8, 4) is 0 Å². The highest BCUT2D eigenvalue weighted by Gasteiger charge is 2.22. The molecule has 0 bridgehead atoms. The number of nitrogens with one attached hydrogen (secondary N) is 1. The number of amides is 1. The maximum Gasteiger partial charge on any atom is 0.251 e. The number of anilines is 1. The molecule has 0 saturated carbocycles. The van der Waals surface area contributed by atoms with Gasteiger partial charge in [0, 0.05) is 18.5 Å². The predicted molar refractivity (Wildman–Crippen MR) is 75.0 cm³/mol. The monoisotopic (exact) mass is 289 g/mol. The van der Waals surface area contributed by atoms with Crippen LogP contribution < -0.4 is 11.1 Å². The Morgan fingerprint density at radius 3 is 3.05 bits per heavy atom. The van der Waals surface area contributed by atoms with Crippen LogP contribution in [0.2, 0.25) is 0 Å². The molecule has 1 aromatic heterocycles. The number of aromatic nitrogens is 3. The van der Waals surface area contributed by atoms with Crippen LogP contribution in [0.3, 0.4) is 0 Å². The van der Waals surface area contributed by atoms with E-state index in [2.05, 4.69) is 15.5 Å². The van der Waals surface area contributed by atoms with Crippen LogP contribution in [0.5, 0.6) is 0 Å². The Morgan fingerprint density at radius 1 is 1.48 bits per heavy atom. The van der Waals surface area contributed by atoms with E-state index in [1.165, 1.54) is 12.1 Å². The maximum atomic E-state index is 13.4. The van der Waals surface area contributed by atoms with Crippen LogP contribution >= 0.6 is 0 Å². The summed E-state index contributed by atoms with van der Waals surface area (Å²) in [6, 6.07) is 3.71. The lowest BCUT2D eigenvalue weighted by Gasteiger charge is -2.14. The van der Waals surface area contributed by atoms with Crippen molar-refractivity contribution in [1.29, 1.82) is 0 Å². The summed E-state index contributed by atoms with van der Waals surface area (Å²) in [6.07, 6.45) is 1.96. The second-order valence-electron chi connectivity index (χ2n) is 5.16. The lowest BCUT2D eigenvalue weighted by molar-refractivity contribution is 0.0937. The largest absolute Gasteiger partial charge is 0.396 e. The molecule has 0 radical (unpaired) electrons. The molecule has 21 heavy (non-hydrogen) atoms. The average molecular weight is 289 g/mol. The van der Waals surface area contributed by atoms with E-state index in [1.54, 1.807) is 0 Å². The SMILES string of the molecule is CC(NC(=O)c1ccc(N)c(F)c1)c1nnc2n1CCC2. The van der Waals surface area contributed by atoms with Crippen LogP contribution in [-0.2, 0) is 13.0 Å². The Hall–Kier alpha value is -2.44. The van der Waals surface area contributed by atoms with Gasteiger partial charge < -0.3 is 15.6 Å². The molecule has 1 unspecified atom stereocenters. The van der Waals surface area contributed by atoms with E-state index in [0.717, 1.165) is 37.1 Å². The summed E-state index contributed by atoms with van der Waals surface area (Å²) in [4.78, 5) is 12.1. The van der Waals surface area contributed by atoms with Gasteiger partial charge in [0.2, 0.25) is 0 Å². The number of hydrogen-bond donors (Lipinski definition) is 2. The first-order valence-corrected chi connectivity index (χ1v) is 6.84. The third-order valence-corrected chi connectivity index (χ3v) is 3.64. The summed E-state index contributed by atoms with van der Waals surface area (Å²) >= 11 is 0. The van der Waals surface area contributed by atoms with Gasteiger partial charge in [0.25, 0.3) is 5.91 Å². The Kier molecular flexibility index (Phi) is 3.32. The fraction of sp³-hybridized carbons (Fsp3) is 0.357. The average Bonchev–Trinajstić information content (AvgIpc) is 3.04. The lowest BCUT2D eigenvalue weighted by atomic mass is 10.1. The molecule has 3 N–H and O–H groups in total. The van der Waals surface area contributed by atoms with Gasteiger partial charge in [-0.1, -0.05) is 0 Å². The van der Waals surface area contributed by atoms with Crippen LogP contribution in [-0.4, -0.2) is 20.7 Å². The molecular weight excluding hydrogens is 273 g/mol. The van der Waals surface area contributed by atoms with Gasteiger partial charge in [0.1, 0.15) is 11.6 Å². The van der Waals surface area contributed by atoms with Crippen molar-refractivity contribution in [3.05, 3.63) is 41.2 Å². The number of hydrogen-bond acceptors (Lipinski definition) is 4. The van der Waals surface area contributed by atoms with Gasteiger partial charge in [-0.25, -0.2) is 4.39 Å². The minimum absolute atomic E-state index is 0.0230. The van der Waals surface area contributed by atoms with Crippen LogP contribution in [0.15, 0.2) is 18.2 Å². The molecule has 2 aromatic rings. The summed E-state index contributed by atoms with van der Waals surface area (Å²) < 4.78 is 15.4. The van der Waals surface area contributed by atoms with Gasteiger partial charge in [-0.3, -0.25) is 4.79 Å². The molecule has 3 rings (SSSR count). The normalized spacial score (nSPS) is 14.8. The van der Waals surface area contributed by atoms with E-state index < -0.39 is 5.82 Å². The molecule has 0 aliphatic carbocycles. The van der Waals surface area contributed by atoms with Crippen molar-refractivity contribution in [2.24, 2.45) is 0 Å². The van der Waals surface area contributed by atoms with Gasteiger partial charge >= 0.3 is 0 Å². The molecule has 7 heteroatoms. The topological polar surface area (TPSA) is 85.8 Å². The second-order valence-corrected chi connectivity index (χ2v) is 5.16. The fourth-order valence-electron chi connectivity index (χ4n) is 2.51. The molecule has 1 aliphatic heterocycles. The van der Waals surface area contributed by atoms with Gasteiger partial charge in [-0.15, -0.1) is 10.2 Å². The number of halogens is 1. The van der Waals surface area contributed by atoms with Crippen molar-refractivity contribution in [2.45, 2.75) is 32.4 Å². The van der Waals surface area contributed by atoms with Crippen molar-refractivity contribution in [2.75, 3.05) is 5.73 Å². The standard InChI is InChI=1S/C14H16FN5O/c1-8(13-19-18-12-3-2-6-20(12)13)17-14(21)9-4-5-11(16)10(15)7-9/h4-5,7-8H,2-3,6,16H2,1H3,(H,17,21). The summed E-state index contributed by atoms with van der Waals surface area (Å²) in [7, 11) is 0. The third kappa shape index (κ3) is 2.46. The van der Waals surface area contributed by atoms with E-state index in [0.29, 0.717) is 0 Å². The predicted octanol–water partition coefficient (Wildman–Crippen LogP) is 1.44. The molecule has 6 nitrogen and oxygen atoms in total. The molecule has 1 aliphatic rings. The Labute approximate surface area is 121 Å². The van der Waals surface area contributed by atoms with Crippen LogP contribution in [0, 0.1) is 5.82 Å². The molecule has 1 amide bonds. The minimum atomic E-state index is -0.598. The van der Waals surface area contributed by atoms with E-state index in [-0.39, 0.29) is 23.2 Å². The zero-order valence-electron chi connectivity index (χ0n) is 11.6. The van der Waals surface area contributed by atoms with E-state index in [1.807, 2.05) is 11.5 Å². The molecule has 0 fully saturated rings. The van der Waals surface area contributed by atoms with Gasteiger partial charge in [-0.2, -0.15) is 0 Å². The van der Waals surface area contributed by atoms with Gasteiger partial charge in [-0.05, 0) is 31.5 Å². The highest BCUT2D eigenvalue weighted by atomic mass is 19.1. The lowest BCUT2D eigenvalue weighted by Crippen LogP contribution is -2.28. The van der Waals surface area contributed by atoms with E-state index in [4.69, 9.17) is 5.73 Å². The summed E-state index contributed by atoms with van der Waals surface area (Å²) in [5, 5.41) is 11.0. The third-order valence-electron chi connectivity index (χ3n) is 3.64. The number of nitrogen functional groups attached to an aromatic ring is 1. The van der Waals surface area contributed by atoms with Crippen LogP contribution in [0.1, 0.15) is 41.4 Å². The Bertz CT molecular complexity index is 697. The summed E-state index contributed by atoms with van der Waals surface area (Å²) in [5.74, 6) is 0.715. The molecule has 0 spiro atoms. The number of aryl methyl sites for hydroxylation is 1. The first-order valence-electron chi connectivity index (χ1n) is 6.84. The van der Waals surface area contributed by atoms with Crippen molar-refractivity contribution < 1.29 is 9.18 Å². The number of carbonyl (C=O) groups excluding carboxylic acids is 1. The van der Waals surface area contributed by atoms with Crippen molar-refractivity contribution in [3.63, 3.8) is 0 Å². The molecule has 1 aromatic carbocycles. The summed E-state index contributed by atoms with van der Waals surface area (Å²) in [5.41, 5.74) is 5.65. The number of carbonyl (C=O) groups is 1. The highest BCUT2D eigenvalue weighted by Crippen LogP contribution is 2.19. The Balaban J connectivity index is 1.76. The zero-order valence-corrected chi connectivity index (χ0v) is 11.6. The number of nitrogens with zero attached hydrogens (tertiary/aromatic N) is 3. The summed E-state index contributed by atoms with van der Waals surface area (Å²) in [6.45, 7) is 2.70. The van der Waals surface area contributed by atoms with E-state index in [9.17, 15) is 9.18 Å². The van der Waals surface area contributed by atoms with Crippen LogP contribution in [0.25, 0.3) is 0 Å². The zero-order chi connectivity index (χ0) is 15.0. The first kappa shape index (κ1) is 13.5. The number of benzene rings is 1. The molecular formula is C14H16FN5O. The number of rotatable bonds is 3. The fourth-order valence-corrected chi connectivity index (χ4v) is 2.51. The van der Waals surface area contributed by atoms with Gasteiger partial charge in [0.15, 0.2) is 5.82 Å². The first-order chi connectivity index (χ1) is 10.1. The quantitative estimate of drug-likeness (QED) is 0.837. The molecule has 110 valence electrons. The number of fused-ring (bicyclic) bond motifs is 1. The van der Waals surface area contributed by atoms with Crippen LogP contribution in [0.4, 0.5) is 10.1 Å². The van der Waals surface area contributed by atoms with Gasteiger partial charge in [0.05, 0.1) is 11.7 Å². The smallest absolute Gasteiger partial charge is 0.251 e. The Morgan fingerprint density at radius 2 is 2.29 bits per heavy atom. The number of nitrogens with two attached hydrogens (primary N) is 1. The minimum Gasteiger partial charge on any atom is -0.396 e.